The Morgan fingerprint density at radius 2 is 1.71 bits per heavy atom. The number of hydrogen-bond acceptors (Lipinski definition) is 7. The minimum Gasteiger partial charge on any atom is -0.490 e. The number of sulfonamides is 1. The zero-order valence-electron chi connectivity index (χ0n) is 17.8. The molecule has 0 spiro atoms. The van der Waals surface area contributed by atoms with Gasteiger partial charge in [0.05, 0.1) is 31.3 Å². The van der Waals surface area contributed by atoms with Crippen LogP contribution in [0.1, 0.15) is 19.3 Å². The Labute approximate surface area is 183 Å². The molecule has 3 heterocycles. The Hall–Kier alpha value is -1.88. The summed E-state index contributed by atoms with van der Waals surface area (Å²) in [5, 5.41) is 3.01. The van der Waals surface area contributed by atoms with Crippen molar-refractivity contribution in [2.45, 2.75) is 24.2 Å². The van der Waals surface area contributed by atoms with Gasteiger partial charge >= 0.3 is 0 Å². The summed E-state index contributed by atoms with van der Waals surface area (Å²) < 4.78 is 44.2. The number of rotatable bonds is 6. The van der Waals surface area contributed by atoms with Gasteiger partial charge < -0.3 is 19.5 Å². The zero-order valence-corrected chi connectivity index (χ0v) is 18.6. The summed E-state index contributed by atoms with van der Waals surface area (Å²) in [5.41, 5.74) is 0. The normalized spacial score (nSPS) is 21.4. The van der Waals surface area contributed by atoms with E-state index < -0.39 is 10.0 Å². The molecule has 1 aromatic rings. The Bertz CT molecular complexity index is 864. The Kier molecular flexibility index (Phi) is 7.31. The van der Waals surface area contributed by atoms with Gasteiger partial charge in [0.25, 0.3) is 0 Å². The predicted molar refractivity (Wildman–Crippen MR) is 114 cm³/mol. The van der Waals surface area contributed by atoms with Crippen LogP contribution in [0.2, 0.25) is 0 Å². The van der Waals surface area contributed by atoms with E-state index >= 15 is 0 Å². The van der Waals surface area contributed by atoms with Gasteiger partial charge in [0, 0.05) is 57.7 Å². The lowest BCUT2D eigenvalue weighted by atomic mass is 9.97. The SMILES string of the molecule is O=C(NCCN1CCOCC1)C1CCN(S(=O)(=O)c2ccc3c(c2)OCCCO3)CC1. The molecule has 4 rings (SSSR count). The monoisotopic (exact) mass is 453 g/mol. The van der Waals surface area contributed by atoms with Crippen LogP contribution < -0.4 is 14.8 Å². The van der Waals surface area contributed by atoms with Gasteiger partial charge in [-0.2, -0.15) is 4.31 Å². The summed E-state index contributed by atoms with van der Waals surface area (Å²) in [6.45, 7) is 6.41. The average Bonchev–Trinajstić information content (AvgIpc) is 3.05. The lowest BCUT2D eigenvalue weighted by Crippen LogP contribution is -2.45. The second kappa shape index (κ2) is 10.2. The summed E-state index contributed by atoms with van der Waals surface area (Å²) in [6, 6.07) is 4.76. The molecule has 3 aliphatic heterocycles. The van der Waals surface area contributed by atoms with Crippen molar-refractivity contribution >= 4 is 15.9 Å². The van der Waals surface area contributed by atoms with Crippen LogP contribution in [0.15, 0.2) is 23.1 Å². The van der Waals surface area contributed by atoms with Gasteiger partial charge in [0.15, 0.2) is 11.5 Å². The molecule has 1 N–H and O–H groups in total. The van der Waals surface area contributed by atoms with Gasteiger partial charge in [0.2, 0.25) is 15.9 Å². The third-order valence-electron chi connectivity index (χ3n) is 6.01. The van der Waals surface area contributed by atoms with Gasteiger partial charge in [-0.15, -0.1) is 0 Å². The maximum Gasteiger partial charge on any atom is 0.243 e. The molecule has 0 bridgehead atoms. The van der Waals surface area contributed by atoms with Gasteiger partial charge in [-0.25, -0.2) is 8.42 Å². The number of carbonyl (C=O) groups is 1. The Balaban J connectivity index is 1.28. The lowest BCUT2D eigenvalue weighted by Gasteiger charge is -2.31. The molecule has 2 fully saturated rings. The Morgan fingerprint density at radius 1 is 1.00 bits per heavy atom. The van der Waals surface area contributed by atoms with E-state index in [1.807, 2.05) is 0 Å². The second-order valence-electron chi connectivity index (χ2n) is 8.08. The smallest absolute Gasteiger partial charge is 0.243 e. The van der Waals surface area contributed by atoms with E-state index in [1.54, 1.807) is 18.2 Å². The van der Waals surface area contributed by atoms with Crippen molar-refractivity contribution < 1.29 is 27.4 Å². The molecular formula is C21H31N3O6S. The molecule has 2 saturated heterocycles. The van der Waals surface area contributed by atoms with E-state index in [0.717, 1.165) is 39.3 Å². The van der Waals surface area contributed by atoms with Crippen LogP contribution in [0.4, 0.5) is 0 Å². The fraction of sp³-hybridized carbons (Fsp3) is 0.667. The molecule has 10 heteroatoms. The third kappa shape index (κ3) is 5.49. The largest absolute Gasteiger partial charge is 0.490 e. The van der Waals surface area contributed by atoms with Crippen LogP contribution in [0.25, 0.3) is 0 Å². The summed E-state index contributed by atoms with van der Waals surface area (Å²) in [6.07, 6.45) is 1.80. The number of ether oxygens (including phenoxy) is 3. The van der Waals surface area contributed by atoms with E-state index in [2.05, 4.69) is 10.2 Å². The first kappa shape index (κ1) is 22.3. The molecule has 31 heavy (non-hydrogen) atoms. The van der Waals surface area contributed by atoms with Crippen molar-refractivity contribution in [3.8, 4) is 11.5 Å². The van der Waals surface area contributed by atoms with Gasteiger partial charge in [-0.05, 0) is 25.0 Å². The van der Waals surface area contributed by atoms with Crippen LogP contribution in [-0.4, -0.2) is 89.2 Å². The number of benzene rings is 1. The van der Waals surface area contributed by atoms with Crippen molar-refractivity contribution in [1.82, 2.24) is 14.5 Å². The van der Waals surface area contributed by atoms with Crippen molar-refractivity contribution in [3.05, 3.63) is 18.2 Å². The van der Waals surface area contributed by atoms with Crippen LogP contribution in [0.3, 0.4) is 0 Å². The molecule has 3 aliphatic rings. The standard InChI is InChI=1S/C21H31N3O6S/c25-21(22-6-9-23-10-14-28-15-11-23)17-4-7-24(8-5-17)31(26,27)18-2-3-19-20(16-18)30-13-1-12-29-19/h2-3,16-17H,1,4-15H2,(H,22,25). The zero-order chi connectivity index (χ0) is 21.7. The van der Waals surface area contributed by atoms with E-state index in [-0.39, 0.29) is 16.7 Å². The first-order valence-corrected chi connectivity index (χ1v) is 12.5. The van der Waals surface area contributed by atoms with Gasteiger partial charge in [-0.3, -0.25) is 9.69 Å². The molecule has 0 radical (unpaired) electrons. The maximum absolute atomic E-state index is 13.1. The van der Waals surface area contributed by atoms with Crippen molar-refractivity contribution in [2.24, 2.45) is 5.92 Å². The minimum absolute atomic E-state index is 0.0147. The van der Waals surface area contributed by atoms with E-state index in [1.165, 1.54) is 4.31 Å². The number of nitrogens with one attached hydrogen (secondary N) is 1. The fourth-order valence-electron chi connectivity index (χ4n) is 4.12. The molecule has 0 atom stereocenters. The van der Waals surface area contributed by atoms with Gasteiger partial charge in [-0.1, -0.05) is 0 Å². The number of piperidine rings is 1. The van der Waals surface area contributed by atoms with Crippen LogP contribution in [-0.2, 0) is 19.6 Å². The third-order valence-corrected chi connectivity index (χ3v) is 7.91. The quantitative estimate of drug-likeness (QED) is 0.677. The minimum atomic E-state index is -3.64. The number of fused-ring (bicyclic) bond motifs is 1. The van der Waals surface area contributed by atoms with Crippen LogP contribution in [0, 0.1) is 5.92 Å². The summed E-state index contributed by atoms with van der Waals surface area (Å²) in [5.74, 6) is 0.901. The average molecular weight is 454 g/mol. The summed E-state index contributed by atoms with van der Waals surface area (Å²) >= 11 is 0. The maximum atomic E-state index is 13.1. The first-order chi connectivity index (χ1) is 15.0. The van der Waals surface area contributed by atoms with E-state index in [4.69, 9.17) is 14.2 Å². The molecule has 172 valence electrons. The Morgan fingerprint density at radius 3 is 2.45 bits per heavy atom. The summed E-state index contributed by atoms with van der Waals surface area (Å²) in [7, 11) is -3.64. The highest BCUT2D eigenvalue weighted by Crippen LogP contribution is 2.33. The number of amides is 1. The molecule has 0 aromatic heterocycles. The highest BCUT2D eigenvalue weighted by atomic mass is 32.2. The number of morpholine rings is 1. The first-order valence-electron chi connectivity index (χ1n) is 11.0. The van der Waals surface area contributed by atoms with Crippen molar-refractivity contribution in [1.29, 1.82) is 0 Å². The second-order valence-corrected chi connectivity index (χ2v) is 10.0. The van der Waals surface area contributed by atoms with Crippen molar-refractivity contribution in [2.75, 3.05) is 65.7 Å². The van der Waals surface area contributed by atoms with E-state index in [9.17, 15) is 13.2 Å². The number of hydrogen-bond donors (Lipinski definition) is 1. The number of nitrogens with zero attached hydrogens (tertiary/aromatic N) is 2. The number of carbonyl (C=O) groups excluding carboxylic acids is 1. The molecule has 0 aliphatic carbocycles. The predicted octanol–water partition coefficient (Wildman–Crippen LogP) is 0.697. The van der Waals surface area contributed by atoms with Gasteiger partial charge in [0.1, 0.15) is 0 Å². The molecule has 0 saturated carbocycles. The molecule has 1 amide bonds. The van der Waals surface area contributed by atoms with Crippen molar-refractivity contribution in [3.63, 3.8) is 0 Å². The van der Waals surface area contributed by atoms with E-state index in [0.29, 0.717) is 57.2 Å². The highest BCUT2D eigenvalue weighted by molar-refractivity contribution is 7.89. The topological polar surface area (TPSA) is 97.4 Å². The molecule has 0 unspecified atom stereocenters. The lowest BCUT2D eigenvalue weighted by molar-refractivity contribution is -0.126. The fourth-order valence-corrected chi connectivity index (χ4v) is 5.60. The van der Waals surface area contributed by atoms with Crippen LogP contribution >= 0.6 is 0 Å². The summed E-state index contributed by atoms with van der Waals surface area (Å²) in [4.78, 5) is 15.0. The highest BCUT2D eigenvalue weighted by Gasteiger charge is 2.32. The molecular weight excluding hydrogens is 422 g/mol. The molecule has 9 nitrogen and oxygen atoms in total. The van der Waals surface area contributed by atoms with Crippen LogP contribution in [0.5, 0.6) is 11.5 Å². The molecule has 1 aromatic carbocycles.